The van der Waals surface area contributed by atoms with E-state index in [0.717, 1.165) is 19.6 Å². The number of para-hydroxylation sites is 1. The third kappa shape index (κ3) is 1.18. The quantitative estimate of drug-likeness (QED) is 0.657. The average Bonchev–Trinajstić information content (AvgIpc) is 2.17. The van der Waals surface area contributed by atoms with Gasteiger partial charge in [-0.15, -0.1) is 0 Å². The van der Waals surface area contributed by atoms with E-state index in [0.29, 0.717) is 0 Å². The molecule has 0 saturated heterocycles. The van der Waals surface area contributed by atoms with Crippen molar-refractivity contribution >= 4 is 5.69 Å². The molecular formula is C10H14N2. The first-order valence-electron chi connectivity index (χ1n) is 4.47. The summed E-state index contributed by atoms with van der Waals surface area (Å²) in [6.45, 7) is 4.08. The summed E-state index contributed by atoms with van der Waals surface area (Å²) in [6, 6.07) is 6.50. The van der Waals surface area contributed by atoms with Gasteiger partial charge in [-0.05, 0) is 17.5 Å². The first kappa shape index (κ1) is 7.62. The summed E-state index contributed by atoms with van der Waals surface area (Å²) in [5, 5.41) is 6.65. The lowest BCUT2D eigenvalue weighted by atomic mass is 10.0. The van der Waals surface area contributed by atoms with E-state index in [1.807, 2.05) is 0 Å². The van der Waals surface area contributed by atoms with E-state index < -0.39 is 0 Å². The van der Waals surface area contributed by atoms with Crippen LogP contribution in [0, 0.1) is 0 Å². The van der Waals surface area contributed by atoms with Crippen molar-refractivity contribution in [1.29, 1.82) is 0 Å². The summed E-state index contributed by atoms with van der Waals surface area (Å²) in [5.74, 6) is 0. The van der Waals surface area contributed by atoms with Gasteiger partial charge in [0.25, 0.3) is 0 Å². The molecule has 0 atom stereocenters. The van der Waals surface area contributed by atoms with Crippen LogP contribution in [0.25, 0.3) is 0 Å². The van der Waals surface area contributed by atoms with E-state index in [-0.39, 0.29) is 0 Å². The fourth-order valence-corrected chi connectivity index (χ4v) is 1.67. The minimum atomic E-state index is 0.893. The smallest absolute Gasteiger partial charge is 0.0655 e. The Kier molecular flexibility index (Phi) is 2.00. The van der Waals surface area contributed by atoms with E-state index in [9.17, 15) is 0 Å². The third-order valence-corrected chi connectivity index (χ3v) is 2.32. The van der Waals surface area contributed by atoms with Crippen LogP contribution in [0.5, 0.6) is 0 Å². The number of hydrogen-bond acceptors (Lipinski definition) is 2. The summed E-state index contributed by atoms with van der Waals surface area (Å²) in [7, 11) is 0. The van der Waals surface area contributed by atoms with E-state index in [2.05, 4.69) is 35.8 Å². The van der Waals surface area contributed by atoms with Crippen molar-refractivity contribution in [1.82, 2.24) is 5.32 Å². The van der Waals surface area contributed by atoms with Crippen LogP contribution in [0.3, 0.4) is 0 Å². The molecule has 2 rings (SSSR count). The standard InChI is InChI=1S/C10H14N2/c1-2-8-4-3-5-9-6-11-7-12-10(8)9/h3-5,11-12H,2,6-7H2,1H3. The number of anilines is 1. The summed E-state index contributed by atoms with van der Waals surface area (Å²) in [6.07, 6.45) is 1.11. The van der Waals surface area contributed by atoms with E-state index in [1.54, 1.807) is 0 Å². The highest BCUT2D eigenvalue weighted by atomic mass is 15.1. The van der Waals surface area contributed by atoms with Crippen molar-refractivity contribution in [3.63, 3.8) is 0 Å². The largest absolute Gasteiger partial charge is 0.372 e. The SMILES string of the molecule is CCc1cccc2c1NCNC2. The lowest BCUT2D eigenvalue weighted by Gasteiger charge is -2.21. The van der Waals surface area contributed by atoms with Gasteiger partial charge in [-0.1, -0.05) is 25.1 Å². The second-order valence-electron chi connectivity index (χ2n) is 3.09. The van der Waals surface area contributed by atoms with Crippen molar-refractivity contribution in [3.8, 4) is 0 Å². The fourth-order valence-electron chi connectivity index (χ4n) is 1.67. The Labute approximate surface area is 73.0 Å². The number of rotatable bonds is 1. The van der Waals surface area contributed by atoms with Gasteiger partial charge >= 0.3 is 0 Å². The van der Waals surface area contributed by atoms with Crippen LogP contribution >= 0.6 is 0 Å². The molecule has 12 heavy (non-hydrogen) atoms. The van der Waals surface area contributed by atoms with Crippen molar-refractivity contribution < 1.29 is 0 Å². The molecule has 1 aliphatic rings. The van der Waals surface area contributed by atoms with Gasteiger partial charge in [0.15, 0.2) is 0 Å². The van der Waals surface area contributed by atoms with Crippen molar-refractivity contribution in [2.24, 2.45) is 0 Å². The van der Waals surface area contributed by atoms with Crippen LogP contribution in [-0.2, 0) is 13.0 Å². The van der Waals surface area contributed by atoms with Crippen molar-refractivity contribution in [3.05, 3.63) is 29.3 Å². The first-order chi connectivity index (χ1) is 5.92. The molecule has 0 bridgehead atoms. The molecule has 0 aliphatic carbocycles. The van der Waals surface area contributed by atoms with Crippen molar-refractivity contribution in [2.45, 2.75) is 19.9 Å². The molecule has 2 N–H and O–H groups in total. The zero-order valence-electron chi connectivity index (χ0n) is 7.35. The van der Waals surface area contributed by atoms with Crippen LogP contribution in [0.1, 0.15) is 18.1 Å². The molecule has 1 aromatic rings. The molecule has 0 saturated carbocycles. The van der Waals surface area contributed by atoms with Crippen LogP contribution in [0.15, 0.2) is 18.2 Å². The summed E-state index contributed by atoms with van der Waals surface area (Å²) < 4.78 is 0. The maximum absolute atomic E-state index is 3.37. The first-order valence-corrected chi connectivity index (χ1v) is 4.47. The lowest BCUT2D eigenvalue weighted by molar-refractivity contribution is 0.707. The minimum Gasteiger partial charge on any atom is -0.372 e. The predicted octanol–water partition coefficient (Wildman–Crippen LogP) is 1.72. The molecule has 0 amide bonds. The normalized spacial score (nSPS) is 15.1. The molecule has 0 unspecified atom stereocenters. The van der Waals surface area contributed by atoms with Gasteiger partial charge in [-0.25, -0.2) is 0 Å². The van der Waals surface area contributed by atoms with Crippen LogP contribution in [0.4, 0.5) is 5.69 Å². The molecular weight excluding hydrogens is 148 g/mol. The van der Waals surface area contributed by atoms with Gasteiger partial charge in [-0.3, -0.25) is 5.32 Å². The molecule has 2 heteroatoms. The molecule has 1 aromatic carbocycles. The Morgan fingerprint density at radius 1 is 1.42 bits per heavy atom. The number of aryl methyl sites for hydroxylation is 1. The molecule has 1 heterocycles. The van der Waals surface area contributed by atoms with E-state index >= 15 is 0 Å². The minimum absolute atomic E-state index is 0.893. The van der Waals surface area contributed by atoms with E-state index in [1.165, 1.54) is 16.8 Å². The zero-order valence-corrected chi connectivity index (χ0v) is 7.35. The number of hydrogen-bond donors (Lipinski definition) is 2. The fraction of sp³-hybridized carbons (Fsp3) is 0.400. The monoisotopic (exact) mass is 162 g/mol. The second-order valence-corrected chi connectivity index (χ2v) is 3.09. The Balaban J connectivity index is 2.44. The molecule has 0 fully saturated rings. The van der Waals surface area contributed by atoms with Gasteiger partial charge < -0.3 is 5.32 Å². The van der Waals surface area contributed by atoms with Crippen LogP contribution in [-0.4, -0.2) is 6.67 Å². The predicted molar refractivity (Wildman–Crippen MR) is 51.1 cm³/mol. The van der Waals surface area contributed by atoms with Crippen LogP contribution < -0.4 is 10.6 Å². The molecule has 0 radical (unpaired) electrons. The van der Waals surface area contributed by atoms with Gasteiger partial charge in [0, 0.05) is 12.2 Å². The molecule has 2 nitrogen and oxygen atoms in total. The molecule has 64 valence electrons. The Morgan fingerprint density at radius 2 is 2.33 bits per heavy atom. The van der Waals surface area contributed by atoms with Crippen molar-refractivity contribution in [2.75, 3.05) is 12.0 Å². The van der Waals surface area contributed by atoms with Crippen LogP contribution in [0.2, 0.25) is 0 Å². The van der Waals surface area contributed by atoms with Gasteiger partial charge in [0.05, 0.1) is 6.67 Å². The number of benzene rings is 1. The summed E-state index contributed by atoms with van der Waals surface area (Å²) >= 11 is 0. The number of fused-ring (bicyclic) bond motifs is 1. The summed E-state index contributed by atoms with van der Waals surface area (Å²) in [4.78, 5) is 0. The number of nitrogens with one attached hydrogen (secondary N) is 2. The van der Waals surface area contributed by atoms with Gasteiger partial charge in [0.1, 0.15) is 0 Å². The Bertz CT molecular complexity index is 267. The van der Waals surface area contributed by atoms with Gasteiger partial charge in [0.2, 0.25) is 0 Å². The maximum atomic E-state index is 3.37. The van der Waals surface area contributed by atoms with E-state index in [4.69, 9.17) is 0 Å². The average molecular weight is 162 g/mol. The zero-order chi connectivity index (χ0) is 8.39. The Hall–Kier alpha value is -1.02. The second kappa shape index (κ2) is 3.15. The maximum Gasteiger partial charge on any atom is 0.0655 e. The molecule has 0 aromatic heterocycles. The highest BCUT2D eigenvalue weighted by molar-refractivity contribution is 5.58. The Morgan fingerprint density at radius 3 is 3.17 bits per heavy atom. The molecule has 0 spiro atoms. The summed E-state index contributed by atoms with van der Waals surface area (Å²) in [5.41, 5.74) is 4.16. The topological polar surface area (TPSA) is 24.1 Å². The van der Waals surface area contributed by atoms with Gasteiger partial charge in [-0.2, -0.15) is 0 Å². The lowest BCUT2D eigenvalue weighted by Crippen LogP contribution is -2.28. The molecule has 1 aliphatic heterocycles. The highest BCUT2D eigenvalue weighted by Crippen LogP contribution is 2.23. The highest BCUT2D eigenvalue weighted by Gasteiger charge is 2.09. The third-order valence-electron chi connectivity index (χ3n) is 2.32.